The molecule has 0 radical (unpaired) electrons. The molecule has 0 heterocycles. The van der Waals surface area contributed by atoms with Gasteiger partial charge in [-0.2, -0.15) is 0 Å². The molecule has 7 heteroatoms. The van der Waals surface area contributed by atoms with E-state index in [2.05, 4.69) is 0 Å². The molecule has 2 fully saturated rings. The molecule has 100 valence electrons. The third-order valence-corrected chi connectivity index (χ3v) is 8.37. The molecular weight excluding hydrogens is 368 g/mol. The highest BCUT2D eigenvalue weighted by atomic mass is 35.5. The van der Waals surface area contributed by atoms with Gasteiger partial charge in [-0.1, -0.05) is 6.92 Å². The number of fused-ring (bicyclic) bond motifs is 2. The summed E-state index contributed by atoms with van der Waals surface area (Å²) in [6.07, 6.45) is 0. The first-order valence-electron chi connectivity index (χ1n) is 5.17. The second-order valence-electron chi connectivity index (χ2n) is 5.00. The van der Waals surface area contributed by atoms with Gasteiger partial charge in [0.15, 0.2) is 0 Å². The first-order valence-corrected chi connectivity index (χ1v) is 8.32. The Labute approximate surface area is 136 Å². The number of alkyl halides is 7. The molecule has 2 aliphatic carbocycles. The van der Waals surface area contributed by atoms with E-state index in [0.29, 0.717) is 5.88 Å². The van der Waals surface area contributed by atoms with Crippen LogP contribution in [0.3, 0.4) is 0 Å². The molecule has 0 aromatic rings. The Balaban J connectivity index is 2.63. The summed E-state index contributed by atoms with van der Waals surface area (Å²) in [6, 6.07) is 0. The van der Waals surface area contributed by atoms with Crippen molar-refractivity contribution in [2.24, 2.45) is 16.7 Å². The predicted octanol–water partition coefficient (Wildman–Crippen LogP) is 5.09. The smallest absolute Gasteiger partial charge is 0.116 e. The highest BCUT2D eigenvalue weighted by molar-refractivity contribution is 6.47. The molecule has 0 saturated heterocycles. The van der Waals surface area contributed by atoms with E-state index in [0.717, 1.165) is 0 Å². The Kier molecular flexibility index (Phi) is 4.35. The minimum absolute atomic E-state index is 0.0895. The van der Waals surface area contributed by atoms with Crippen LogP contribution in [0.15, 0.2) is 0 Å². The van der Waals surface area contributed by atoms with E-state index < -0.39 is 26.4 Å². The van der Waals surface area contributed by atoms with E-state index >= 15 is 0 Å². The molecule has 0 aromatic carbocycles. The molecule has 2 aliphatic rings. The lowest BCUT2D eigenvalue weighted by Crippen LogP contribution is -2.52. The van der Waals surface area contributed by atoms with E-state index in [4.69, 9.17) is 81.2 Å². The Morgan fingerprint density at radius 1 is 1.00 bits per heavy atom. The zero-order valence-corrected chi connectivity index (χ0v) is 14.1. The normalized spacial score (nSPS) is 58.1. The van der Waals surface area contributed by atoms with Crippen LogP contribution in [0.25, 0.3) is 0 Å². The summed E-state index contributed by atoms with van der Waals surface area (Å²) in [5, 5.41) is -1.51. The average Bonchev–Trinajstić information content (AvgIpc) is 2.54. The molecule has 0 amide bonds. The Bertz CT molecular complexity index is 304. The third-order valence-electron chi connectivity index (χ3n) is 4.52. The molecule has 1 unspecified atom stereocenters. The minimum atomic E-state index is -0.759. The van der Waals surface area contributed by atoms with Crippen LogP contribution in [-0.4, -0.2) is 32.2 Å². The highest BCUT2D eigenvalue weighted by Crippen LogP contribution is 2.73. The Hall–Kier alpha value is 2.03. The summed E-state index contributed by atoms with van der Waals surface area (Å²) < 4.78 is 0. The largest absolute Gasteiger partial charge is 0.126 e. The number of hydrogen-bond donors (Lipinski definition) is 0. The van der Waals surface area contributed by atoms with Crippen molar-refractivity contribution in [3.05, 3.63) is 0 Å². The maximum Gasteiger partial charge on any atom is 0.116 e. The molecule has 0 spiro atoms. The molecule has 17 heavy (non-hydrogen) atoms. The van der Waals surface area contributed by atoms with Crippen LogP contribution in [0.4, 0.5) is 0 Å². The van der Waals surface area contributed by atoms with E-state index in [1.54, 1.807) is 0 Å². The Morgan fingerprint density at radius 3 is 1.65 bits per heavy atom. The summed E-state index contributed by atoms with van der Waals surface area (Å²) in [5.41, 5.74) is -1.22. The van der Waals surface area contributed by atoms with Crippen molar-refractivity contribution in [2.45, 2.75) is 33.3 Å². The van der Waals surface area contributed by atoms with Crippen LogP contribution in [0, 0.1) is 16.7 Å². The van der Waals surface area contributed by atoms with Gasteiger partial charge in [-0.05, 0) is 5.41 Å². The Morgan fingerprint density at radius 2 is 1.41 bits per heavy atom. The molecular formula is C10H11Cl7. The summed E-state index contributed by atoms with van der Waals surface area (Å²) in [6.45, 7) is 1.97. The number of halogens is 7. The van der Waals surface area contributed by atoms with Crippen LogP contribution in [0.2, 0.25) is 0 Å². The standard InChI is InChI=1S/C10H11Cl7/c1-9(2-11)3-4(12)6(14)10(9,8(16)17)7(15)5(3)13/h3-8H,2H2,1H3/t3?,4-,5-,6-,7-,9?,10?/m1/s1. The van der Waals surface area contributed by atoms with Gasteiger partial charge in [0.2, 0.25) is 0 Å². The number of hydrogen-bond acceptors (Lipinski definition) is 0. The quantitative estimate of drug-likeness (QED) is 0.586. The maximum atomic E-state index is 6.43. The molecule has 0 nitrogen and oxygen atoms in total. The maximum absolute atomic E-state index is 6.43. The molecule has 5 atom stereocenters. The van der Waals surface area contributed by atoms with Gasteiger partial charge in [0.25, 0.3) is 0 Å². The van der Waals surface area contributed by atoms with Gasteiger partial charge in [0.1, 0.15) is 4.84 Å². The van der Waals surface area contributed by atoms with Gasteiger partial charge in [-0.3, -0.25) is 0 Å². The van der Waals surface area contributed by atoms with Crippen LogP contribution in [0.1, 0.15) is 6.92 Å². The van der Waals surface area contributed by atoms with Crippen LogP contribution in [-0.2, 0) is 0 Å². The summed E-state index contributed by atoms with van der Waals surface area (Å²) in [5.74, 6) is 0.236. The molecule has 2 bridgehead atoms. The second-order valence-corrected chi connectivity index (χ2v) is 8.31. The van der Waals surface area contributed by atoms with Crippen molar-refractivity contribution in [3.63, 3.8) is 0 Å². The molecule has 0 aliphatic heterocycles. The number of rotatable bonds is 2. The average molecular weight is 379 g/mol. The van der Waals surface area contributed by atoms with Gasteiger partial charge in [-0.25, -0.2) is 0 Å². The van der Waals surface area contributed by atoms with Gasteiger partial charge < -0.3 is 0 Å². The topological polar surface area (TPSA) is 0 Å². The fourth-order valence-electron chi connectivity index (χ4n) is 3.54. The fourth-order valence-corrected chi connectivity index (χ4v) is 8.00. The summed E-state index contributed by atoms with van der Waals surface area (Å²) in [4.78, 5) is -0.758. The second kappa shape index (κ2) is 4.79. The van der Waals surface area contributed by atoms with Crippen molar-refractivity contribution in [2.75, 3.05) is 5.88 Å². The van der Waals surface area contributed by atoms with Crippen molar-refractivity contribution in [3.8, 4) is 0 Å². The van der Waals surface area contributed by atoms with E-state index in [9.17, 15) is 0 Å². The molecule has 0 aromatic heterocycles. The van der Waals surface area contributed by atoms with Gasteiger partial charge in [-0.15, -0.1) is 81.2 Å². The molecule has 2 saturated carbocycles. The van der Waals surface area contributed by atoms with Gasteiger partial charge in [0.05, 0.1) is 21.5 Å². The zero-order valence-electron chi connectivity index (χ0n) is 8.82. The van der Waals surface area contributed by atoms with Crippen molar-refractivity contribution >= 4 is 81.2 Å². The summed E-state index contributed by atoms with van der Waals surface area (Å²) in [7, 11) is 0. The SMILES string of the molecule is CC1(CCl)C2[C@@H](Cl)[C@@H](Cl)C1(C(Cl)Cl)[C@H](Cl)[C@@H]2Cl. The zero-order chi connectivity index (χ0) is 13.2. The summed E-state index contributed by atoms with van der Waals surface area (Å²) >= 11 is 44.1. The van der Waals surface area contributed by atoms with Crippen LogP contribution < -0.4 is 0 Å². The minimum Gasteiger partial charge on any atom is -0.126 e. The molecule has 2 rings (SSSR count). The third kappa shape index (κ3) is 1.59. The van der Waals surface area contributed by atoms with Gasteiger partial charge >= 0.3 is 0 Å². The van der Waals surface area contributed by atoms with Crippen LogP contribution in [0.5, 0.6) is 0 Å². The molecule has 0 N–H and O–H groups in total. The van der Waals surface area contributed by atoms with Crippen molar-refractivity contribution in [1.82, 2.24) is 0 Å². The predicted molar refractivity (Wildman–Crippen MR) is 78.8 cm³/mol. The van der Waals surface area contributed by atoms with E-state index in [-0.39, 0.29) is 16.7 Å². The van der Waals surface area contributed by atoms with Crippen molar-refractivity contribution in [1.29, 1.82) is 0 Å². The van der Waals surface area contributed by atoms with Crippen LogP contribution >= 0.6 is 81.2 Å². The first kappa shape index (κ1) is 15.4. The van der Waals surface area contributed by atoms with E-state index in [1.165, 1.54) is 0 Å². The van der Waals surface area contributed by atoms with E-state index in [1.807, 2.05) is 6.92 Å². The monoisotopic (exact) mass is 376 g/mol. The highest BCUT2D eigenvalue weighted by Gasteiger charge is 2.78. The fraction of sp³-hybridized carbons (Fsp3) is 1.00. The first-order chi connectivity index (χ1) is 7.76. The lowest BCUT2D eigenvalue weighted by atomic mass is 9.70. The lowest BCUT2D eigenvalue weighted by molar-refractivity contribution is 0.155. The van der Waals surface area contributed by atoms with Crippen molar-refractivity contribution < 1.29 is 0 Å². The van der Waals surface area contributed by atoms with Gasteiger partial charge in [0, 0.05) is 17.2 Å². The lowest BCUT2D eigenvalue weighted by Gasteiger charge is -2.45.